The molecular weight excluding hydrogens is 300 g/mol. The number of anilines is 1. The summed E-state index contributed by atoms with van der Waals surface area (Å²) in [5.74, 6) is 0.501. The van der Waals surface area contributed by atoms with Crippen LogP contribution in [0.2, 0.25) is 0 Å². The molecule has 0 aromatic heterocycles. The predicted molar refractivity (Wildman–Crippen MR) is 85.2 cm³/mol. The zero-order valence-corrected chi connectivity index (χ0v) is 12.7. The average Bonchev–Trinajstić information content (AvgIpc) is 2.55. The molecule has 2 rings (SSSR count). The van der Waals surface area contributed by atoms with Gasteiger partial charge in [-0.25, -0.2) is 0 Å². The number of ether oxygens (including phenoxy) is 2. The van der Waals surface area contributed by atoms with E-state index >= 15 is 0 Å². The molecule has 0 atom stereocenters. The van der Waals surface area contributed by atoms with Crippen molar-refractivity contribution in [2.45, 2.75) is 6.92 Å². The van der Waals surface area contributed by atoms with Gasteiger partial charge in [0, 0.05) is 17.7 Å². The number of benzene rings is 2. The lowest BCUT2D eigenvalue weighted by Crippen LogP contribution is -2.13. The number of non-ortho nitro benzene ring substituents is 1. The van der Waals surface area contributed by atoms with Crippen LogP contribution in [0, 0.1) is 10.1 Å². The molecule has 1 N–H and O–H groups in total. The highest BCUT2D eigenvalue weighted by Crippen LogP contribution is 2.29. The van der Waals surface area contributed by atoms with Gasteiger partial charge in [0.25, 0.3) is 11.6 Å². The summed E-state index contributed by atoms with van der Waals surface area (Å²) in [4.78, 5) is 22.7. The van der Waals surface area contributed by atoms with E-state index in [1.165, 1.54) is 25.3 Å². The Kier molecular flexibility index (Phi) is 5.14. The van der Waals surface area contributed by atoms with Gasteiger partial charge in [0.15, 0.2) is 0 Å². The monoisotopic (exact) mass is 316 g/mol. The maximum absolute atomic E-state index is 12.3. The molecule has 1 amide bonds. The fourth-order valence-corrected chi connectivity index (χ4v) is 2.00. The van der Waals surface area contributed by atoms with Gasteiger partial charge in [0.2, 0.25) is 0 Å². The molecule has 0 radical (unpaired) electrons. The van der Waals surface area contributed by atoms with Gasteiger partial charge in [0.05, 0.1) is 24.3 Å². The summed E-state index contributed by atoms with van der Waals surface area (Å²) in [5, 5.41) is 13.5. The molecule has 2 aromatic rings. The third-order valence-electron chi connectivity index (χ3n) is 3.05. The first kappa shape index (κ1) is 16.3. The summed E-state index contributed by atoms with van der Waals surface area (Å²) in [7, 11) is 1.42. The Morgan fingerprint density at radius 2 is 2.04 bits per heavy atom. The molecule has 120 valence electrons. The first-order valence-corrected chi connectivity index (χ1v) is 6.91. The van der Waals surface area contributed by atoms with Gasteiger partial charge in [-0.3, -0.25) is 14.9 Å². The van der Waals surface area contributed by atoms with Gasteiger partial charge in [-0.05, 0) is 31.2 Å². The highest BCUT2D eigenvalue weighted by atomic mass is 16.6. The Hall–Kier alpha value is -3.09. The molecule has 0 aliphatic carbocycles. The number of carbonyl (C=O) groups excluding carboxylic acids is 1. The molecule has 0 spiro atoms. The van der Waals surface area contributed by atoms with Crippen molar-refractivity contribution in [3.8, 4) is 11.5 Å². The van der Waals surface area contributed by atoms with Crippen LogP contribution in [0.15, 0.2) is 42.5 Å². The number of rotatable bonds is 6. The Labute approximate surface area is 133 Å². The molecule has 23 heavy (non-hydrogen) atoms. The second-order valence-electron chi connectivity index (χ2n) is 4.56. The number of nitro groups is 1. The van der Waals surface area contributed by atoms with Gasteiger partial charge >= 0.3 is 0 Å². The molecule has 7 nitrogen and oxygen atoms in total. The van der Waals surface area contributed by atoms with Crippen molar-refractivity contribution in [3.05, 3.63) is 58.1 Å². The van der Waals surface area contributed by atoms with E-state index in [-0.39, 0.29) is 11.4 Å². The summed E-state index contributed by atoms with van der Waals surface area (Å²) in [6.07, 6.45) is 0. The number of nitrogens with zero attached hydrogens (tertiary/aromatic N) is 1. The van der Waals surface area contributed by atoms with E-state index in [2.05, 4.69) is 5.32 Å². The first-order valence-electron chi connectivity index (χ1n) is 6.91. The molecule has 7 heteroatoms. The topological polar surface area (TPSA) is 90.7 Å². The fraction of sp³-hybridized carbons (Fsp3) is 0.188. The molecule has 0 heterocycles. The van der Waals surface area contributed by atoms with Crippen molar-refractivity contribution in [1.29, 1.82) is 0 Å². The lowest BCUT2D eigenvalue weighted by molar-refractivity contribution is -0.384. The predicted octanol–water partition coefficient (Wildman–Crippen LogP) is 3.25. The van der Waals surface area contributed by atoms with Gasteiger partial charge in [-0.15, -0.1) is 0 Å². The minimum atomic E-state index is -0.537. The summed E-state index contributed by atoms with van der Waals surface area (Å²) >= 11 is 0. The zero-order valence-electron chi connectivity index (χ0n) is 12.7. The molecule has 0 saturated carbocycles. The summed E-state index contributed by atoms with van der Waals surface area (Å²) in [6, 6.07) is 10.7. The van der Waals surface area contributed by atoms with Crippen LogP contribution in [0.25, 0.3) is 0 Å². The van der Waals surface area contributed by atoms with E-state index in [4.69, 9.17) is 9.47 Å². The highest BCUT2D eigenvalue weighted by molar-refractivity contribution is 6.05. The van der Waals surface area contributed by atoms with E-state index in [0.29, 0.717) is 23.7 Å². The van der Waals surface area contributed by atoms with Crippen LogP contribution in [-0.4, -0.2) is 24.5 Å². The van der Waals surface area contributed by atoms with E-state index in [0.717, 1.165) is 0 Å². The number of nitrogens with one attached hydrogen (secondary N) is 1. The van der Waals surface area contributed by atoms with Crippen molar-refractivity contribution in [2.75, 3.05) is 19.0 Å². The highest BCUT2D eigenvalue weighted by Gasteiger charge is 2.15. The summed E-state index contributed by atoms with van der Waals surface area (Å²) in [6.45, 7) is 2.34. The van der Waals surface area contributed by atoms with Crippen LogP contribution in [0.5, 0.6) is 11.5 Å². The molecule has 0 unspecified atom stereocenters. The molecular formula is C16H16N2O5. The number of carbonyl (C=O) groups is 1. The smallest absolute Gasteiger partial charge is 0.271 e. The zero-order chi connectivity index (χ0) is 16.8. The molecule has 0 bridgehead atoms. The summed E-state index contributed by atoms with van der Waals surface area (Å²) in [5.41, 5.74) is 0.474. The van der Waals surface area contributed by atoms with Crippen molar-refractivity contribution >= 4 is 17.3 Å². The molecule has 2 aromatic carbocycles. The second kappa shape index (κ2) is 7.26. The van der Waals surface area contributed by atoms with Crippen molar-refractivity contribution in [1.82, 2.24) is 0 Å². The number of nitro benzene ring substituents is 1. The maximum Gasteiger partial charge on any atom is 0.271 e. The number of hydrogen-bond acceptors (Lipinski definition) is 5. The number of amides is 1. The largest absolute Gasteiger partial charge is 0.495 e. The SMILES string of the molecule is CCOc1cccc(C(=O)Nc2cc([N+](=O)[O-])ccc2OC)c1. The molecule has 0 aliphatic rings. The van der Waals surface area contributed by atoms with Gasteiger partial charge in [0.1, 0.15) is 11.5 Å². The van der Waals surface area contributed by atoms with E-state index in [1.54, 1.807) is 24.3 Å². The van der Waals surface area contributed by atoms with Crippen LogP contribution < -0.4 is 14.8 Å². The van der Waals surface area contributed by atoms with E-state index < -0.39 is 10.8 Å². The van der Waals surface area contributed by atoms with Gasteiger partial charge < -0.3 is 14.8 Å². The van der Waals surface area contributed by atoms with Crippen LogP contribution >= 0.6 is 0 Å². The lowest BCUT2D eigenvalue weighted by Gasteiger charge is -2.11. The van der Waals surface area contributed by atoms with E-state index in [9.17, 15) is 14.9 Å². The minimum absolute atomic E-state index is 0.135. The Morgan fingerprint density at radius 3 is 2.70 bits per heavy atom. The normalized spacial score (nSPS) is 10.0. The van der Waals surface area contributed by atoms with Crippen LogP contribution in [0.4, 0.5) is 11.4 Å². The lowest BCUT2D eigenvalue weighted by atomic mass is 10.2. The third-order valence-corrected chi connectivity index (χ3v) is 3.05. The summed E-state index contributed by atoms with van der Waals surface area (Å²) < 4.78 is 10.5. The van der Waals surface area contributed by atoms with Crippen LogP contribution in [-0.2, 0) is 0 Å². The number of methoxy groups -OCH3 is 1. The van der Waals surface area contributed by atoms with Crippen LogP contribution in [0.3, 0.4) is 0 Å². The fourth-order valence-electron chi connectivity index (χ4n) is 2.00. The average molecular weight is 316 g/mol. The second-order valence-corrected chi connectivity index (χ2v) is 4.56. The minimum Gasteiger partial charge on any atom is -0.495 e. The number of hydrogen-bond donors (Lipinski definition) is 1. The molecule has 0 aliphatic heterocycles. The van der Waals surface area contributed by atoms with Crippen molar-refractivity contribution in [2.24, 2.45) is 0 Å². The Bertz CT molecular complexity index is 730. The van der Waals surface area contributed by atoms with E-state index in [1.807, 2.05) is 6.92 Å². The van der Waals surface area contributed by atoms with Crippen LogP contribution in [0.1, 0.15) is 17.3 Å². The van der Waals surface area contributed by atoms with Crippen molar-refractivity contribution < 1.29 is 19.2 Å². The quantitative estimate of drug-likeness (QED) is 0.652. The standard InChI is InChI=1S/C16H16N2O5/c1-3-23-13-6-4-5-11(9-13)16(19)17-14-10-12(18(20)21)7-8-15(14)22-2/h4-10H,3H2,1-2H3,(H,17,19). The van der Waals surface area contributed by atoms with Gasteiger partial charge in [-0.1, -0.05) is 6.07 Å². The maximum atomic E-state index is 12.3. The van der Waals surface area contributed by atoms with Gasteiger partial charge in [-0.2, -0.15) is 0 Å². The first-order chi connectivity index (χ1) is 11.0. The molecule has 0 saturated heterocycles. The molecule has 0 fully saturated rings. The van der Waals surface area contributed by atoms with Crippen molar-refractivity contribution in [3.63, 3.8) is 0 Å². The third kappa shape index (κ3) is 3.97. The Morgan fingerprint density at radius 1 is 1.26 bits per heavy atom. The Balaban J connectivity index is 2.27.